The van der Waals surface area contributed by atoms with E-state index in [2.05, 4.69) is 15.0 Å². The number of rotatable bonds is 5. The molecule has 0 aromatic carbocycles. The number of fused-ring (bicyclic) bond motifs is 1. The lowest BCUT2D eigenvalue weighted by Crippen LogP contribution is -2.37. The molecule has 0 amide bonds. The average Bonchev–Trinajstić information content (AvgIpc) is 2.80. The van der Waals surface area contributed by atoms with Crippen LogP contribution >= 0.6 is 0 Å². The van der Waals surface area contributed by atoms with Crippen LogP contribution in [0.1, 0.15) is 25.6 Å². The Bertz CT molecular complexity index is 486. The van der Waals surface area contributed by atoms with E-state index >= 15 is 0 Å². The fraction of sp³-hybridized carbons (Fsp3) is 0.727. The van der Waals surface area contributed by atoms with Crippen LogP contribution in [0.25, 0.3) is 0 Å². The Hall–Kier alpha value is -0.920. The predicted octanol–water partition coefficient (Wildman–Crippen LogP) is 0.106. The summed E-state index contributed by atoms with van der Waals surface area (Å²) in [6, 6.07) is 0.0945. The number of sulfonamides is 1. The molecule has 1 aromatic rings. The lowest BCUT2D eigenvalue weighted by molar-refractivity contribution is 0.522. The van der Waals surface area contributed by atoms with Crippen LogP contribution in [-0.2, 0) is 23.0 Å². The number of nitrogens with zero attached hydrogens (tertiary/aromatic N) is 2. The summed E-state index contributed by atoms with van der Waals surface area (Å²) in [5.41, 5.74) is 0. The second-order valence-corrected chi connectivity index (χ2v) is 6.40. The second-order valence-electron chi connectivity index (χ2n) is 4.69. The van der Waals surface area contributed by atoms with Gasteiger partial charge in [0.15, 0.2) is 5.03 Å². The molecule has 1 unspecified atom stereocenters. The molecule has 0 fully saturated rings. The first-order chi connectivity index (χ1) is 8.53. The topological polar surface area (TPSA) is 76.0 Å². The molecule has 0 radical (unpaired) electrons. The minimum absolute atomic E-state index is 0.0945. The fourth-order valence-corrected chi connectivity index (χ4v) is 3.04. The molecular formula is C11H20N4O2S. The Morgan fingerprint density at radius 1 is 1.50 bits per heavy atom. The van der Waals surface area contributed by atoms with Gasteiger partial charge in [-0.3, -0.25) is 0 Å². The van der Waals surface area contributed by atoms with Gasteiger partial charge in [0.25, 0.3) is 10.0 Å². The van der Waals surface area contributed by atoms with Crippen LogP contribution in [0.4, 0.5) is 0 Å². The zero-order chi connectivity index (χ0) is 13.2. The van der Waals surface area contributed by atoms with Crippen molar-refractivity contribution in [2.45, 2.75) is 43.8 Å². The van der Waals surface area contributed by atoms with Crippen molar-refractivity contribution >= 4 is 10.0 Å². The minimum atomic E-state index is -3.48. The number of hydrogen-bond donors (Lipinski definition) is 2. The molecular weight excluding hydrogens is 252 g/mol. The molecule has 2 rings (SSSR count). The summed E-state index contributed by atoms with van der Waals surface area (Å²) in [7, 11) is -1.68. The van der Waals surface area contributed by atoms with Crippen LogP contribution in [0.5, 0.6) is 0 Å². The fourth-order valence-electron chi connectivity index (χ4n) is 1.93. The summed E-state index contributed by atoms with van der Waals surface area (Å²) >= 11 is 0. The summed E-state index contributed by atoms with van der Waals surface area (Å²) in [6.07, 6.45) is 4.68. The normalized spacial score (nSPS) is 17.4. The molecule has 0 bridgehead atoms. The largest absolute Gasteiger partial charge is 0.333 e. The molecule has 1 aliphatic rings. The van der Waals surface area contributed by atoms with E-state index in [-0.39, 0.29) is 11.1 Å². The molecule has 7 heteroatoms. The highest BCUT2D eigenvalue weighted by atomic mass is 32.2. The van der Waals surface area contributed by atoms with Gasteiger partial charge in [-0.1, -0.05) is 0 Å². The first-order valence-electron chi connectivity index (χ1n) is 6.26. The smallest absolute Gasteiger partial charge is 0.259 e. The van der Waals surface area contributed by atoms with E-state index < -0.39 is 10.0 Å². The van der Waals surface area contributed by atoms with E-state index in [1.807, 2.05) is 11.5 Å². The molecule has 6 nitrogen and oxygen atoms in total. The molecule has 2 heterocycles. The first kappa shape index (κ1) is 13.5. The van der Waals surface area contributed by atoms with Gasteiger partial charge in [0.05, 0.1) is 0 Å². The van der Waals surface area contributed by atoms with Crippen LogP contribution < -0.4 is 10.0 Å². The minimum Gasteiger partial charge on any atom is -0.333 e. The van der Waals surface area contributed by atoms with Crippen molar-refractivity contribution in [1.29, 1.82) is 0 Å². The third-order valence-electron chi connectivity index (χ3n) is 3.23. The zero-order valence-corrected chi connectivity index (χ0v) is 11.6. The van der Waals surface area contributed by atoms with Crippen LogP contribution in [0.3, 0.4) is 0 Å². The Kier molecular flexibility index (Phi) is 4.04. The van der Waals surface area contributed by atoms with Crippen molar-refractivity contribution in [3.8, 4) is 0 Å². The third kappa shape index (κ3) is 2.90. The highest BCUT2D eigenvalue weighted by Crippen LogP contribution is 2.17. The maximum atomic E-state index is 12.1. The first-order valence-corrected chi connectivity index (χ1v) is 7.74. The van der Waals surface area contributed by atoms with E-state index in [4.69, 9.17) is 0 Å². The predicted molar refractivity (Wildman–Crippen MR) is 68.9 cm³/mol. The Balaban J connectivity index is 2.12. The molecule has 18 heavy (non-hydrogen) atoms. The van der Waals surface area contributed by atoms with Gasteiger partial charge in [-0.15, -0.1) is 0 Å². The van der Waals surface area contributed by atoms with Gasteiger partial charge in [0, 0.05) is 31.7 Å². The lowest BCUT2D eigenvalue weighted by Gasteiger charge is -2.11. The lowest BCUT2D eigenvalue weighted by atomic mass is 10.2. The molecule has 1 aromatic heterocycles. The summed E-state index contributed by atoms with van der Waals surface area (Å²) in [5.74, 6) is 0.878. The maximum Gasteiger partial charge on any atom is 0.259 e. The number of aromatic nitrogens is 2. The number of nitrogens with one attached hydrogen (secondary N) is 2. The number of likely N-dealkylation sites (N-methyl/N-ethyl adjacent to an activating group) is 1. The number of aryl methyl sites for hydroxylation is 2. The van der Waals surface area contributed by atoms with Crippen LogP contribution in [-0.4, -0.2) is 37.6 Å². The van der Waals surface area contributed by atoms with Crippen molar-refractivity contribution in [2.24, 2.45) is 0 Å². The number of hydrogen-bond acceptors (Lipinski definition) is 4. The Labute approximate surface area is 108 Å². The van der Waals surface area contributed by atoms with Gasteiger partial charge >= 0.3 is 0 Å². The van der Waals surface area contributed by atoms with Gasteiger partial charge < -0.3 is 9.88 Å². The highest BCUT2D eigenvalue weighted by Gasteiger charge is 2.21. The summed E-state index contributed by atoms with van der Waals surface area (Å²) in [5, 5.41) is 3.13. The summed E-state index contributed by atoms with van der Waals surface area (Å²) in [6.45, 7) is 3.15. The second kappa shape index (κ2) is 5.38. The highest BCUT2D eigenvalue weighted by molar-refractivity contribution is 7.89. The van der Waals surface area contributed by atoms with E-state index in [1.54, 1.807) is 13.2 Å². The van der Waals surface area contributed by atoms with Crippen LogP contribution in [0.15, 0.2) is 11.2 Å². The van der Waals surface area contributed by atoms with E-state index in [1.165, 1.54) is 0 Å². The molecule has 0 saturated heterocycles. The Morgan fingerprint density at radius 2 is 2.28 bits per heavy atom. The third-order valence-corrected chi connectivity index (χ3v) is 4.53. The standard InChI is InChI=1S/C11H20N4O2S/c1-9(12-2)7-13-18(16,17)11-8-15-6-4-3-5-10(15)14-11/h8-9,12-13H,3-7H2,1-2H3. The van der Waals surface area contributed by atoms with Crippen LogP contribution in [0.2, 0.25) is 0 Å². The van der Waals surface area contributed by atoms with Crippen molar-refractivity contribution < 1.29 is 8.42 Å². The summed E-state index contributed by atoms with van der Waals surface area (Å²) < 4.78 is 28.6. The molecule has 1 aliphatic heterocycles. The van der Waals surface area contributed by atoms with Crippen LogP contribution in [0, 0.1) is 0 Å². The monoisotopic (exact) mass is 272 g/mol. The molecule has 0 saturated carbocycles. The van der Waals surface area contributed by atoms with Gasteiger partial charge in [0.1, 0.15) is 5.82 Å². The molecule has 0 spiro atoms. The van der Waals surface area contributed by atoms with Gasteiger partial charge in [-0.05, 0) is 26.8 Å². The van der Waals surface area contributed by atoms with Gasteiger partial charge in [-0.2, -0.15) is 0 Å². The van der Waals surface area contributed by atoms with E-state index in [9.17, 15) is 8.42 Å². The van der Waals surface area contributed by atoms with Crippen molar-refractivity contribution in [1.82, 2.24) is 19.6 Å². The molecule has 102 valence electrons. The number of imidazole rings is 1. The average molecular weight is 272 g/mol. The van der Waals surface area contributed by atoms with Crippen molar-refractivity contribution in [3.05, 3.63) is 12.0 Å². The summed E-state index contributed by atoms with van der Waals surface area (Å²) in [4.78, 5) is 4.22. The SMILES string of the molecule is CNC(C)CNS(=O)(=O)c1cn2c(n1)CCCC2. The molecule has 2 N–H and O–H groups in total. The Morgan fingerprint density at radius 3 is 2.94 bits per heavy atom. The maximum absolute atomic E-state index is 12.1. The van der Waals surface area contributed by atoms with E-state index in [0.717, 1.165) is 31.6 Å². The zero-order valence-electron chi connectivity index (χ0n) is 10.8. The van der Waals surface area contributed by atoms with Crippen molar-refractivity contribution in [2.75, 3.05) is 13.6 Å². The molecule has 1 atom stereocenters. The quantitative estimate of drug-likeness (QED) is 0.797. The molecule has 0 aliphatic carbocycles. The van der Waals surface area contributed by atoms with Gasteiger partial charge in [0.2, 0.25) is 0 Å². The van der Waals surface area contributed by atoms with E-state index in [0.29, 0.717) is 6.54 Å². The van der Waals surface area contributed by atoms with Gasteiger partial charge in [-0.25, -0.2) is 18.1 Å². The van der Waals surface area contributed by atoms with Crippen molar-refractivity contribution in [3.63, 3.8) is 0 Å².